The number of hydrogen-bond donors (Lipinski definition) is 1. The lowest BCUT2D eigenvalue weighted by molar-refractivity contribution is -0.129. The summed E-state index contributed by atoms with van der Waals surface area (Å²) in [4.78, 5) is 14.2. The van der Waals surface area contributed by atoms with Gasteiger partial charge in [0.25, 0.3) is 0 Å². The predicted molar refractivity (Wildman–Crippen MR) is 110 cm³/mol. The van der Waals surface area contributed by atoms with Gasteiger partial charge in [0.2, 0.25) is 5.91 Å². The molecule has 1 amide bonds. The summed E-state index contributed by atoms with van der Waals surface area (Å²) in [5.74, 6) is 1.75. The van der Waals surface area contributed by atoms with E-state index in [0.717, 1.165) is 43.1 Å². The van der Waals surface area contributed by atoms with E-state index in [1.807, 2.05) is 59.5 Å². The van der Waals surface area contributed by atoms with Crippen LogP contribution >= 0.6 is 0 Å². The number of hydrogen-bond acceptors (Lipinski definition) is 4. The van der Waals surface area contributed by atoms with Crippen molar-refractivity contribution in [3.63, 3.8) is 0 Å². The van der Waals surface area contributed by atoms with E-state index in [9.17, 15) is 4.79 Å². The van der Waals surface area contributed by atoms with Crippen molar-refractivity contribution >= 4 is 11.6 Å². The van der Waals surface area contributed by atoms with Gasteiger partial charge in [-0.3, -0.25) is 4.79 Å². The second-order valence-corrected chi connectivity index (χ2v) is 6.27. The Kier molecular flexibility index (Phi) is 9.04. The summed E-state index contributed by atoms with van der Waals surface area (Å²) in [6, 6.07) is 17.3. The molecule has 1 N–H and O–H groups in total. The van der Waals surface area contributed by atoms with Crippen LogP contribution in [0.15, 0.2) is 54.6 Å². The molecule has 0 saturated carbocycles. The number of anilines is 1. The zero-order valence-electron chi connectivity index (χ0n) is 16.3. The van der Waals surface area contributed by atoms with Gasteiger partial charge in [0.1, 0.15) is 24.7 Å². The molecule has 0 saturated heterocycles. The van der Waals surface area contributed by atoms with Gasteiger partial charge >= 0.3 is 0 Å². The lowest BCUT2D eigenvalue weighted by Gasteiger charge is -2.21. The minimum absolute atomic E-state index is 0.136. The van der Waals surface area contributed by atoms with Crippen molar-refractivity contribution in [3.05, 3.63) is 54.6 Å². The number of carbonyl (C=O) groups is 1. The first-order valence-electron chi connectivity index (χ1n) is 9.65. The third-order valence-electron chi connectivity index (χ3n) is 4.00. The van der Waals surface area contributed by atoms with E-state index in [0.29, 0.717) is 19.8 Å². The van der Waals surface area contributed by atoms with E-state index < -0.39 is 0 Å². The molecule has 27 heavy (non-hydrogen) atoms. The zero-order chi connectivity index (χ0) is 19.3. The van der Waals surface area contributed by atoms with E-state index in [1.54, 1.807) is 0 Å². The third-order valence-corrected chi connectivity index (χ3v) is 4.00. The minimum Gasteiger partial charge on any atom is -0.490 e. The molecule has 5 nitrogen and oxygen atoms in total. The molecule has 0 spiro atoms. The first kappa shape index (κ1) is 20.6. The Morgan fingerprint density at radius 2 is 1.41 bits per heavy atom. The van der Waals surface area contributed by atoms with E-state index >= 15 is 0 Å². The van der Waals surface area contributed by atoms with Crippen molar-refractivity contribution in [2.24, 2.45) is 0 Å². The number of nitrogens with one attached hydrogen (secondary N) is 1. The summed E-state index contributed by atoms with van der Waals surface area (Å²) in [6.45, 7) is 7.08. The number of ether oxygens (including phenoxy) is 2. The van der Waals surface area contributed by atoms with Crippen LogP contribution in [0, 0.1) is 0 Å². The van der Waals surface area contributed by atoms with Gasteiger partial charge in [-0.05, 0) is 49.2 Å². The molecule has 2 rings (SSSR count). The van der Waals surface area contributed by atoms with Gasteiger partial charge < -0.3 is 19.7 Å². The fourth-order valence-electron chi connectivity index (χ4n) is 2.70. The Labute approximate surface area is 162 Å². The van der Waals surface area contributed by atoms with Crippen LogP contribution in [0.1, 0.15) is 26.7 Å². The normalized spacial score (nSPS) is 10.3. The maximum Gasteiger partial charge on any atom is 0.241 e. The molecule has 0 unspecified atom stereocenters. The van der Waals surface area contributed by atoms with Crippen LogP contribution in [-0.4, -0.2) is 43.7 Å². The van der Waals surface area contributed by atoms with Crippen molar-refractivity contribution < 1.29 is 14.3 Å². The van der Waals surface area contributed by atoms with E-state index in [1.165, 1.54) is 0 Å². The van der Waals surface area contributed by atoms with Crippen molar-refractivity contribution in [3.8, 4) is 11.5 Å². The average Bonchev–Trinajstić information content (AvgIpc) is 2.71. The van der Waals surface area contributed by atoms with E-state index in [4.69, 9.17) is 9.47 Å². The van der Waals surface area contributed by atoms with Gasteiger partial charge in [-0.25, -0.2) is 0 Å². The van der Waals surface area contributed by atoms with Crippen molar-refractivity contribution in [1.82, 2.24) is 4.90 Å². The van der Waals surface area contributed by atoms with Crippen LogP contribution in [0.2, 0.25) is 0 Å². The van der Waals surface area contributed by atoms with Crippen LogP contribution in [0.5, 0.6) is 11.5 Å². The number of rotatable bonds is 12. The van der Waals surface area contributed by atoms with Crippen molar-refractivity contribution in [2.45, 2.75) is 26.7 Å². The second-order valence-electron chi connectivity index (χ2n) is 6.27. The molecule has 0 atom stereocenters. The first-order valence-corrected chi connectivity index (χ1v) is 9.65. The molecule has 5 heteroatoms. The highest BCUT2D eigenvalue weighted by molar-refractivity contribution is 5.80. The summed E-state index contributed by atoms with van der Waals surface area (Å²) >= 11 is 0. The molecule has 0 bridgehead atoms. The molecule has 0 radical (unpaired) electrons. The fourth-order valence-corrected chi connectivity index (χ4v) is 2.70. The highest BCUT2D eigenvalue weighted by atomic mass is 16.5. The maximum absolute atomic E-state index is 12.3. The quantitative estimate of drug-likeness (QED) is 0.569. The topological polar surface area (TPSA) is 50.8 Å². The Balaban J connectivity index is 1.70. The van der Waals surface area contributed by atoms with E-state index in [-0.39, 0.29) is 5.91 Å². The number of carbonyl (C=O) groups excluding carboxylic acids is 1. The summed E-state index contributed by atoms with van der Waals surface area (Å²) in [5, 5.41) is 3.19. The summed E-state index contributed by atoms with van der Waals surface area (Å²) in [7, 11) is 0. The largest absolute Gasteiger partial charge is 0.490 e. The van der Waals surface area contributed by atoms with Gasteiger partial charge in [0.05, 0.1) is 6.54 Å². The van der Waals surface area contributed by atoms with E-state index in [2.05, 4.69) is 19.2 Å². The lowest BCUT2D eigenvalue weighted by atomic mass is 10.3. The molecule has 0 aromatic heterocycles. The van der Waals surface area contributed by atoms with Gasteiger partial charge in [-0.2, -0.15) is 0 Å². The molecule has 0 aliphatic carbocycles. The van der Waals surface area contributed by atoms with Crippen LogP contribution in [0.3, 0.4) is 0 Å². The Morgan fingerprint density at radius 3 is 1.96 bits per heavy atom. The summed E-state index contributed by atoms with van der Waals surface area (Å²) in [5.41, 5.74) is 0.907. The van der Waals surface area contributed by atoms with Crippen LogP contribution < -0.4 is 14.8 Å². The predicted octanol–water partition coefficient (Wildman–Crippen LogP) is 4.20. The van der Waals surface area contributed by atoms with Gasteiger partial charge in [-0.1, -0.05) is 32.0 Å². The summed E-state index contributed by atoms with van der Waals surface area (Å²) in [6.07, 6.45) is 1.96. The monoisotopic (exact) mass is 370 g/mol. The number of amides is 1. The molecule has 146 valence electrons. The molecular weight excluding hydrogens is 340 g/mol. The molecule has 0 fully saturated rings. The lowest BCUT2D eigenvalue weighted by Crippen LogP contribution is -2.36. The van der Waals surface area contributed by atoms with Gasteiger partial charge in [0.15, 0.2) is 0 Å². The molecular formula is C22H30N2O3. The highest BCUT2D eigenvalue weighted by Crippen LogP contribution is 2.16. The highest BCUT2D eigenvalue weighted by Gasteiger charge is 2.11. The first-order chi connectivity index (χ1) is 13.2. The van der Waals surface area contributed by atoms with Crippen molar-refractivity contribution in [2.75, 3.05) is 38.2 Å². The number of para-hydroxylation sites is 1. The zero-order valence-corrected chi connectivity index (χ0v) is 16.3. The molecule has 0 heterocycles. The number of benzene rings is 2. The molecule has 2 aromatic carbocycles. The van der Waals surface area contributed by atoms with Gasteiger partial charge in [-0.15, -0.1) is 0 Å². The van der Waals surface area contributed by atoms with Crippen LogP contribution in [0.4, 0.5) is 5.69 Å². The van der Waals surface area contributed by atoms with Crippen LogP contribution in [0.25, 0.3) is 0 Å². The average molecular weight is 370 g/mol. The molecule has 2 aromatic rings. The smallest absolute Gasteiger partial charge is 0.241 e. The van der Waals surface area contributed by atoms with Crippen LogP contribution in [-0.2, 0) is 4.79 Å². The fraction of sp³-hybridized carbons (Fsp3) is 0.409. The Hall–Kier alpha value is -2.69. The minimum atomic E-state index is 0.136. The SMILES string of the molecule is CCCN(CCC)C(=O)CNc1ccc(OCCOc2ccccc2)cc1. The standard InChI is InChI=1S/C22H30N2O3/c1-3-14-24(15-4-2)22(25)18-23-19-10-12-21(13-11-19)27-17-16-26-20-8-6-5-7-9-20/h5-13,23H,3-4,14-18H2,1-2H3. The maximum atomic E-state index is 12.3. The van der Waals surface area contributed by atoms with Gasteiger partial charge in [0, 0.05) is 18.8 Å². The van der Waals surface area contributed by atoms with Crippen molar-refractivity contribution in [1.29, 1.82) is 0 Å². The number of nitrogens with zero attached hydrogens (tertiary/aromatic N) is 1. The third kappa shape index (κ3) is 7.60. The summed E-state index contributed by atoms with van der Waals surface area (Å²) < 4.78 is 11.3. The second kappa shape index (κ2) is 11.8. The Bertz CT molecular complexity index is 653. The molecule has 0 aliphatic rings. The molecule has 0 aliphatic heterocycles. The Morgan fingerprint density at radius 1 is 0.852 bits per heavy atom.